The van der Waals surface area contributed by atoms with E-state index in [0.29, 0.717) is 13.2 Å². The van der Waals surface area contributed by atoms with Crippen LogP contribution in [0.1, 0.15) is 44.0 Å². The number of ether oxygens (including phenoxy) is 1. The number of benzene rings is 1. The second-order valence-corrected chi connectivity index (χ2v) is 7.86. The Balaban J connectivity index is 1.78. The van der Waals surface area contributed by atoms with Crippen molar-refractivity contribution in [3.05, 3.63) is 41.2 Å². The van der Waals surface area contributed by atoms with E-state index in [4.69, 9.17) is 4.74 Å². The third kappa shape index (κ3) is 3.75. The topological polar surface area (TPSA) is 59.4 Å². The van der Waals surface area contributed by atoms with Crippen LogP contribution >= 0.6 is 0 Å². The molecule has 1 amide bonds. The molecule has 1 aromatic carbocycles. The zero-order valence-electron chi connectivity index (χ0n) is 16.3. The van der Waals surface area contributed by atoms with Gasteiger partial charge in [-0.2, -0.15) is 5.10 Å². The summed E-state index contributed by atoms with van der Waals surface area (Å²) in [6.07, 6.45) is 3.37. The fourth-order valence-electron chi connectivity index (χ4n) is 3.44. The van der Waals surface area contributed by atoms with Crippen LogP contribution in [0.2, 0.25) is 0 Å². The lowest BCUT2D eigenvalue weighted by Gasteiger charge is -2.29. The van der Waals surface area contributed by atoms with Crippen LogP contribution in [0.15, 0.2) is 24.4 Å². The van der Waals surface area contributed by atoms with E-state index in [2.05, 4.69) is 43.4 Å². The number of carbonyl (C=O) groups excluding carboxylic acids is 1. The van der Waals surface area contributed by atoms with Gasteiger partial charge in [0.25, 0.3) is 0 Å². The molecule has 2 aromatic rings. The van der Waals surface area contributed by atoms with Crippen molar-refractivity contribution in [3.8, 4) is 0 Å². The van der Waals surface area contributed by atoms with Crippen molar-refractivity contribution in [1.82, 2.24) is 9.78 Å². The molecule has 2 heterocycles. The number of fused-ring (bicyclic) bond motifs is 1. The van der Waals surface area contributed by atoms with Gasteiger partial charge in [-0.3, -0.25) is 14.4 Å². The van der Waals surface area contributed by atoms with Crippen LogP contribution in [0.5, 0.6) is 0 Å². The molecule has 0 atom stereocenters. The Hall–Kier alpha value is -2.34. The van der Waals surface area contributed by atoms with Gasteiger partial charge in [-0.05, 0) is 30.2 Å². The Morgan fingerprint density at radius 2 is 2.04 bits per heavy atom. The first-order valence-electron chi connectivity index (χ1n) is 8.98. The minimum absolute atomic E-state index is 0.00907. The maximum absolute atomic E-state index is 12.1. The zero-order chi connectivity index (χ0) is 18.9. The predicted molar refractivity (Wildman–Crippen MR) is 103 cm³/mol. The summed E-state index contributed by atoms with van der Waals surface area (Å²) in [4.78, 5) is 13.8. The molecule has 6 nitrogen and oxygen atoms in total. The van der Waals surface area contributed by atoms with E-state index in [9.17, 15) is 4.79 Å². The molecule has 140 valence electrons. The van der Waals surface area contributed by atoms with Crippen LogP contribution in [0.3, 0.4) is 0 Å². The summed E-state index contributed by atoms with van der Waals surface area (Å²) < 4.78 is 7.05. The van der Waals surface area contributed by atoms with Gasteiger partial charge < -0.3 is 10.1 Å². The fraction of sp³-hybridized carbons (Fsp3) is 0.500. The van der Waals surface area contributed by atoms with Crippen LogP contribution < -0.4 is 10.2 Å². The van der Waals surface area contributed by atoms with E-state index in [1.54, 1.807) is 12.0 Å². The number of aromatic nitrogens is 2. The average molecular weight is 356 g/mol. The first kappa shape index (κ1) is 18.5. The second kappa shape index (κ2) is 7.11. The summed E-state index contributed by atoms with van der Waals surface area (Å²) in [5.41, 5.74) is 5.50. The van der Waals surface area contributed by atoms with E-state index >= 15 is 0 Å². The monoisotopic (exact) mass is 356 g/mol. The van der Waals surface area contributed by atoms with Crippen molar-refractivity contribution in [2.45, 2.75) is 45.6 Å². The Kier molecular flexibility index (Phi) is 5.05. The quantitative estimate of drug-likeness (QED) is 0.894. The van der Waals surface area contributed by atoms with Crippen LogP contribution in [-0.4, -0.2) is 29.5 Å². The molecule has 0 radical (unpaired) electrons. The summed E-state index contributed by atoms with van der Waals surface area (Å²) in [5, 5.41) is 8.13. The highest BCUT2D eigenvalue weighted by molar-refractivity contribution is 5.96. The molecule has 6 heteroatoms. The second-order valence-electron chi connectivity index (χ2n) is 7.86. The largest absolute Gasteiger partial charge is 0.381 e. The average Bonchev–Trinajstić information content (AvgIpc) is 2.97. The smallest absolute Gasteiger partial charge is 0.229 e. The number of hydrogen-bond acceptors (Lipinski definition) is 4. The predicted octanol–water partition coefficient (Wildman–Crippen LogP) is 3.21. The normalized spacial score (nSPS) is 14.5. The molecule has 1 aliphatic heterocycles. The number of anilines is 2. The van der Waals surface area contributed by atoms with Gasteiger partial charge >= 0.3 is 0 Å². The summed E-state index contributed by atoms with van der Waals surface area (Å²) in [5.74, 6) is 0.116. The highest BCUT2D eigenvalue weighted by Gasteiger charge is 2.24. The molecule has 0 saturated heterocycles. The van der Waals surface area contributed by atoms with Crippen molar-refractivity contribution < 1.29 is 9.53 Å². The minimum Gasteiger partial charge on any atom is -0.381 e. The van der Waals surface area contributed by atoms with Gasteiger partial charge in [0.2, 0.25) is 5.91 Å². The fourth-order valence-corrected chi connectivity index (χ4v) is 3.44. The van der Waals surface area contributed by atoms with E-state index in [1.807, 2.05) is 23.9 Å². The number of amides is 1. The summed E-state index contributed by atoms with van der Waals surface area (Å²) in [6.45, 7) is 7.56. The van der Waals surface area contributed by atoms with Gasteiger partial charge in [-0.1, -0.05) is 20.8 Å². The molecule has 0 saturated carbocycles. The van der Waals surface area contributed by atoms with Crippen LogP contribution in [0.4, 0.5) is 11.4 Å². The Labute approximate surface area is 155 Å². The third-order valence-electron chi connectivity index (χ3n) is 4.64. The van der Waals surface area contributed by atoms with E-state index in [-0.39, 0.29) is 11.3 Å². The van der Waals surface area contributed by atoms with E-state index in [1.165, 1.54) is 11.1 Å². The van der Waals surface area contributed by atoms with Crippen molar-refractivity contribution in [3.63, 3.8) is 0 Å². The van der Waals surface area contributed by atoms with Gasteiger partial charge in [-0.25, -0.2) is 0 Å². The highest BCUT2D eigenvalue weighted by atomic mass is 16.5. The maximum Gasteiger partial charge on any atom is 0.229 e. The van der Waals surface area contributed by atoms with Gasteiger partial charge in [0.15, 0.2) is 0 Å². The highest BCUT2D eigenvalue weighted by Crippen LogP contribution is 2.31. The molecule has 0 unspecified atom stereocenters. The lowest BCUT2D eigenvalue weighted by atomic mass is 9.89. The SMILES string of the molecule is COCN1C(=O)CCc2cc(NCc3cn(C)nc3C(C)(C)C)ccc21. The minimum atomic E-state index is 0.00907. The van der Waals surface area contributed by atoms with Crippen molar-refractivity contribution in [2.24, 2.45) is 7.05 Å². The summed E-state index contributed by atoms with van der Waals surface area (Å²) >= 11 is 0. The van der Waals surface area contributed by atoms with Crippen LogP contribution in [0, 0.1) is 0 Å². The van der Waals surface area contributed by atoms with Crippen molar-refractivity contribution in [2.75, 3.05) is 24.1 Å². The van der Waals surface area contributed by atoms with E-state index in [0.717, 1.165) is 30.0 Å². The van der Waals surface area contributed by atoms with Crippen LogP contribution in [-0.2, 0) is 35.0 Å². The lowest BCUT2D eigenvalue weighted by Crippen LogP contribution is -2.36. The van der Waals surface area contributed by atoms with Gasteiger partial charge in [-0.15, -0.1) is 0 Å². The van der Waals surface area contributed by atoms with Crippen LogP contribution in [0.25, 0.3) is 0 Å². The molecule has 26 heavy (non-hydrogen) atoms. The van der Waals surface area contributed by atoms with Gasteiger partial charge in [0, 0.05) is 55.7 Å². The Morgan fingerprint density at radius 1 is 1.27 bits per heavy atom. The first-order valence-corrected chi connectivity index (χ1v) is 8.98. The first-order chi connectivity index (χ1) is 12.3. The van der Waals surface area contributed by atoms with Gasteiger partial charge in [0.1, 0.15) is 6.73 Å². The number of hydrogen-bond donors (Lipinski definition) is 1. The molecule has 1 aromatic heterocycles. The molecule has 1 N–H and O–H groups in total. The number of carbonyl (C=O) groups is 1. The molecule has 1 aliphatic rings. The zero-order valence-corrected chi connectivity index (χ0v) is 16.3. The molecular weight excluding hydrogens is 328 g/mol. The third-order valence-corrected chi connectivity index (χ3v) is 4.64. The number of nitrogens with one attached hydrogen (secondary N) is 1. The number of rotatable bonds is 5. The summed E-state index contributed by atoms with van der Waals surface area (Å²) in [6, 6.07) is 6.16. The Morgan fingerprint density at radius 3 is 2.73 bits per heavy atom. The molecular formula is C20H28N4O2. The molecule has 0 aliphatic carbocycles. The van der Waals surface area contributed by atoms with Crippen molar-refractivity contribution >= 4 is 17.3 Å². The number of nitrogens with zero attached hydrogens (tertiary/aromatic N) is 3. The molecule has 0 bridgehead atoms. The number of methoxy groups -OCH3 is 1. The Bertz CT molecular complexity index is 805. The molecule has 3 rings (SSSR count). The standard InChI is InChI=1S/C20H28N4O2/c1-20(2,3)19-15(12-23(4)22-19)11-21-16-7-8-17-14(10-16)6-9-18(25)24(17)13-26-5/h7-8,10,12,21H,6,9,11,13H2,1-5H3. The van der Waals surface area contributed by atoms with E-state index < -0.39 is 0 Å². The van der Waals surface area contributed by atoms with Gasteiger partial charge in [0.05, 0.1) is 5.69 Å². The number of aryl methyl sites for hydroxylation is 2. The molecule has 0 fully saturated rings. The molecule has 0 spiro atoms. The summed E-state index contributed by atoms with van der Waals surface area (Å²) in [7, 11) is 3.57. The lowest BCUT2D eigenvalue weighted by molar-refractivity contribution is -0.119. The maximum atomic E-state index is 12.1. The van der Waals surface area contributed by atoms with Crippen molar-refractivity contribution in [1.29, 1.82) is 0 Å².